The topological polar surface area (TPSA) is 49.4 Å². The molecule has 0 bridgehead atoms. The molecule has 3 rings (SSSR count). The first-order chi connectivity index (χ1) is 14.6. The van der Waals surface area contributed by atoms with Crippen LogP contribution in [0.15, 0.2) is 60.7 Å². The Morgan fingerprint density at radius 2 is 1.60 bits per heavy atom. The van der Waals surface area contributed by atoms with Crippen LogP contribution in [0.4, 0.5) is 0 Å². The maximum absolute atomic E-state index is 13.6. The molecule has 0 saturated heterocycles. The molecular formula is C26H34N2O2. The van der Waals surface area contributed by atoms with Gasteiger partial charge in [0, 0.05) is 19.0 Å². The van der Waals surface area contributed by atoms with E-state index in [0.717, 1.165) is 37.7 Å². The Balaban J connectivity index is 1.76. The molecule has 1 aliphatic carbocycles. The van der Waals surface area contributed by atoms with Crippen molar-refractivity contribution in [2.45, 2.75) is 58.5 Å². The first-order valence-corrected chi connectivity index (χ1v) is 11.3. The fourth-order valence-electron chi connectivity index (χ4n) is 3.80. The molecule has 1 aliphatic rings. The molecular weight excluding hydrogens is 372 g/mol. The van der Waals surface area contributed by atoms with E-state index in [1.165, 1.54) is 5.56 Å². The molecule has 160 valence electrons. The lowest BCUT2D eigenvalue weighted by molar-refractivity contribution is -0.140. The van der Waals surface area contributed by atoms with E-state index >= 15 is 0 Å². The van der Waals surface area contributed by atoms with Gasteiger partial charge in [-0.05, 0) is 36.3 Å². The predicted molar refractivity (Wildman–Crippen MR) is 121 cm³/mol. The second kappa shape index (κ2) is 11.0. The lowest BCUT2D eigenvalue weighted by Gasteiger charge is -2.33. The number of hydrogen-bond acceptors (Lipinski definition) is 2. The van der Waals surface area contributed by atoms with Crippen molar-refractivity contribution in [3.63, 3.8) is 0 Å². The molecule has 2 unspecified atom stereocenters. The molecule has 2 amide bonds. The highest BCUT2D eigenvalue weighted by atomic mass is 16.2. The van der Waals surface area contributed by atoms with E-state index in [4.69, 9.17) is 0 Å². The fraction of sp³-hybridized carbons (Fsp3) is 0.462. The van der Waals surface area contributed by atoms with Crippen LogP contribution in [0.3, 0.4) is 0 Å². The molecule has 0 heterocycles. The maximum Gasteiger partial charge on any atom is 0.245 e. The van der Waals surface area contributed by atoms with Crippen molar-refractivity contribution >= 4 is 11.8 Å². The fourth-order valence-corrected chi connectivity index (χ4v) is 3.80. The standard InChI is InChI=1S/C26H34N2O2/c1-3-20(2)24(27-25(29)23-15-10-16-23)26(30)28(19-22-13-8-5-9-14-22)18-17-21-11-6-4-7-12-21/h4-9,11-14,20,23-24H,3,10,15-19H2,1-2H3,(H,27,29). The highest BCUT2D eigenvalue weighted by Crippen LogP contribution is 2.27. The molecule has 2 atom stereocenters. The van der Waals surface area contributed by atoms with E-state index in [-0.39, 0.29) is 23.7 Å². The molecule has 0 spiro atoms. The van der Waals surface area contributed by atoms with Crippen molar-refractivity contribution in [2.24, 2.45) is 11.8 Å². The highest BCUT2D eigenvalue weighted by molar-refractivity contribution is 5.89. The Hall–Kier alpha value is -2.62. The van der Waals surface area contributed by atoms with E-state index in [1.807, 2.05) is 53.4 Å². The van der Waals surface area contributed by atoms with Crippen molar-refractivity contribution < 1.29 is 9.59 Å². The molecule has 4 heteroatoms. The Labute approximate surface area is 180 Å². The number of hydrogen-bond donors (Lipinski definition) is 1. The smallest absolute Gasteiger partial charge is 0.245 e. The number of amides is 2. The van der Waals surface area contributed by atoms with Crippen LogP contribution < -0.4 is 5.32 Å². The average Bonchev–Trinajstić information content (AvgIpc) is 2.74. The summed E-state index contributed by atoms with van der Waals surface area (Å²) < 4.78 is 0. The molecule has 0 radical (unpaired) electrons. The summed E-state index contributed by atoms with van der Waals surface area (Å²) in [5, 5.41) is 3.10. The molecule has 2 aromatic carbocycles. The van der Waals surface area contributed by atoms with Gasteiger partial charge in [-0.25, -0.2) is 0 Å². The Morgan fingerprint density at radius 1 is 1.00 bits per heavy atom. The van der Waals surface area contributed by atoms with Crippen molar-refractivity contribution in [2.75, 3.05) is 6.54 Å². The Morgan fingerprint density at radius 3 is 2.13 bits per heavy atom. The first-order valence-electron chi connectivity index (χ1n) is 11.3. The van der Waals surface area contributed by atoms with Crippen LogP contribution in [0.2, 0.25) is 0 Å². The molecule has 0 aliphatic heterocycles. The second-order valence-corrected chi connectivity index (χ2v) is 8.48. The van der Waals surface area contributed by atoms with Crippen LogP contribution in [-0.4, -0.2) is 29.3 Å². The molecule has 1 N–H and O–H groups in total. The lowest BCUT2D eigenvalue weighted by atomic mass is 9.84. The van der Waals surface area contributed by atoms with E-state index in [2.05, 4.69) is 31.3 Å². The zero-order chi connectivity index (χ0) is 21.3. The molecule has 30 heavy (non-hydrogen) atoms. The SMILES string of the molecule is CCC(C)C(NC(=O)C1CCC1)C(=O)N(CCc1ccccc1)Cc1ccccc1. The minimum atomic E-state index is -0.470. The van der Waals surface area contributed by atoms with E-state index in [0.29, 0.717) is 13.1 Å². The predicted octanol–water partition coefficient (Wildman–Crippen LogP) is 4.59. The van der Waals surface area contributed by atoms with Gasteiger partial charge < -0.3 is 10.2 Å². The molecule has 4 nitrogen and oxygen atoms in total. The monoisotopic (exact) mass is 406 g/mol. The summed E-state index contributed by atoms with van der Waals surface area (Å²) >= 11 is 0. The van der Waals surface area contributed by atoms with Gasteiger partial charge in [-0.15, -0.1) is 0 Å². The van der Waals surface area contributed by atoms with Crippen molar-refractivity contribution in [1.29, 1.82) is 0 Å². The number of rotatable bonds is 10. The van der Waals surface area contributed by atoms with Crippen molar-refractivity contribution in [3.05, 3.63) is 71.8 Å². The lowest BCUT2D eigenvalue weighted by Crippen LogP contribution is -2.53. The highest BCUT2D eigenvalue weighted by Gasteiger charge is 2.33. The van der Waals surface area contributed by atoms with Gasteiger partial charge in [-0.2, -0.15) is 0 Å². The maximum atomic E-state index is 13.6. The summed E-state index contributed by atoms with van der Waals surface area (Å²) in [5.41, 5.74) is 2.31. The van der Waals surface area contributed by atoms with E-state index in [1.54, 1.807) is 0 Å². The summed E-state index contributed by atoms with van der Waals surface area (Å²) in [6.07, 6.45) is 4.63. The van der Waals surface area contributed by atoms with Crippen LogP contribution in [0.1, 0.15) is 50.7 Å². The number of benzene rings is 2. The van der Waals surface area contributed by atoms with E-state index in [9.17, 15) is 9.59 Å². The van der Waals surface area contributed by atoms with Gasteiger partial charge >= 0.3 is 0 Å². The van der Waals surface area contributed by atoms with Crippen LogP contribution in [0, 0.1) is 11.8 Å². The van der Waals surface area contributed by atoms with Gasteiger partial charge in [0.05, 0.1) is 0 Å². The summed E-state index contributed by atoms with van der Waals surface area (Å²) in [6.45, 7) is 5.32. The normalized spacial score (nSPS) is 15.7. The third-order valence-corrected chi connectivity index (χ3v) is 6.29. The van der Waals surface area contributed by atoms with Crippen molar-refractivity contribution in [1.82, 2.24) is 10.2 Å². The number of carbonyl (C=O) groups is 2. The zero-order valence-corrected chi connectivity index (χ0v) is 18.2. The summed E-state index contributed by atoms with van der Waals surface area (Å²) in [6, 6.07) is 19.9. The number of nitrogens with one attached hydrogen (secondary N) is 1. The second-order valence-electron chi connectivity index (χ2n) is 8.48. The van der Waals surface area contributed by atoms with Crippen LogP contribution >= 0.6 is 0 Å². The van der Waals surface area contributed by atoms with Gasteiger partial charge in [-0.1, -0.05) is 87.4 Å². The quantitative estimate of drug-likeness (QED) is 0.627. The summed E-state index contributed by atoms with van der Waals surface area (Å²) in [4.78, 5) is 28.2. The van der Waals surface area contributed by atoms with Crippen LogP contribution in [0.5, 0.6) is 0 Å². The average molecular weight is 407 g/mol. The number of nitrogens with zero attached hydrogens (tertiary/aromatic N) is 1. The third kappa shape index (κ3) is 5.94. The van der Waals surface area contributed by atoms with Gasteiger partial charge in [0.2, 0.25) is 11.8 Å². The number of carbonyl (C=O) groups excluding carboxylic acids is 2. The molecule has 0 aromatic heterocycles. The van der Waals surface area contributed by atoms with Gasteiger partial charge in [0.25, 0.3) is 0 Å². The molecule has 2 aromatic rings. The van der Waals surface area contributed by atoms with Gasteiger partial charge in [0.15, 0.2) is 0 Å². The summed E-state index contributed by atoms with van der Waals surface area (Å²) in [5.74, 6) is 0.243. The van der Waals surface area contributed by atoms with E-state index < -0.39 is 6.04 Å². The minimum Gasteiger partial charge on any atom is -0.344 e. The molecule has 1 saturated carbocycles. The molecule has 1 fully saturated rings. The Kier molecular flexibility index (Phi) is 8.06. The zero-order valence-electron chi connectivity index (χ0n) is 18.2. The van der Waals surface area contributed by atoms with Crippen LogP contribution in [-0.2, 0) is 22.6 Å². The van der Waals surface area contributed by atoms with Crippen molar-refractivity contribution in [3.8, 4) is 0 Å². The summed E-state index contributed by atoms with van der Waals surface area (Å²) in [7, 11) is 0. The van der Waals surface area contributed by atoms with Gasteiger partial charge in [0.1, 0.15) is 6.04 Å². The third-order valence-electron chi connectivity index (χ3n) is 6.29. The Bertz CT molecular complexity index is 802. The largest absolute Gasteiger partial charge is 0.344 e. The first kappa shape index (κ1) is 22.1. The minimum absolute atomic E-state index is 0.0248. The van der Waals surface area contributed by atoms with Gasteiger partial charge in [-0.3, -0.25) is 9.59 Å². The van der Waals surface area contributed by atoms with Crippen LogP contribution in [0.25, 0.3) is 0 Å².